The van der Waals surface area contributed by atoms with Gasteiger partial charge in [-0.25, -0.2) is 5.48 Å². The van der Waals surface area contributed by atoms with Crippen LogP contribution in [-0.2, 0) is 33.9 Å². The smallest absolute Gasteiger partial charge is 0.266 e. The van der Waals surface area contributed by atoms with E-state index in [0.717, 1.165) is 33.4 Å². The molecular formula is C28H26N4O4. The van der Waals surface area contributed by atoms with Crippen molar-refractivity contribution in [1.29, 1.82) is 0 Å². The summed E-state index contributed by atoms with van der Waals surface area (Å²) < 4.78 is 6.31. The highest BCUT2D eigenvalue weighted by atomic mass is 16.5. The van der Waals surface area contributed by atoms with Gasteiger partial charge in [0.15, 0.2) is 6.10 Å². The summed E-state index contributed by atoms with van der Waals surface area (Å²) in [7, 11) is 0. The quantitative estimate of drug-likeness (QED) is 0.321. The fraction of sp³-hybridized carbons (Fsp3) is 0.214. The molecule has 8 heteroatoms. The topological polar surface area (TPSA) is 105 Å². The number of rotatable bonds is 6. The van der Waals surface area contributed by atoms with Gasteiger partial charge in [-0.1, -0.05) is 54.6 Å². The van der Waals surface area contributed by atoms with Crippen LogP contribution in [0.3, 0.4) is 0 Å². The minimum absolute atomic E-state index is 0.179. The maximum Gasteiger partial charge on any atom is 0.266 e. The maximum absolute atomic E-state index is 14.0. The molecule has 2 aromatic heterocycles. The molecule has 0 spiro atoms. The van der Waals surface area contributed by atoms with Crippen molar-refractivity contribution in [3.8, 4) is 0 Å². The van der Waals surface area contributed by atoms with Crippen LogP contribution < -0.4 is 5.48 Å². The van der Waals surface area contributed by atoms with Crippen LogP contribution in [-0.4, -0.2) is 37.9 Å². The van der Waals surface area contributed by atoms with Gasteiger partial charge in [-0.3, -0.25) is 24.8 Å². The van der Waals surface area contributed by atoms with Crippen molar-refractivity contribution in [3.63, 3.8) is 0 Å². The third kappa shape index (κ3) is 4.68. The van der Waals surface area contributed by atoms with Crippen LogP contribution in [0.15, 0.2) is 79.0 Å². The third-order valence-corrected chi connectivity index (χ3v) is 6.45. The molecule has 1 aliphatic rings. The van der Waals surface area contributed by atoms with Gasteiger partial charge < -0.3 is 9.64 Å². The molecule has 36 heavy (non-hydrogen) atoms. The Kier molecular flexibility index (Phi) is 6.71. The van der Waals surface area contributed by atoms with Crippen LogP contribution in [0.25, 0.3) is 10.9 Å². The van der Waals surface area contributed by atoms with Crippen molar-refractivity contribution < 1.29 is 19.5 Å². The summed E-state index contributed by atoms with van der Waals surface area (Å²) in [5, 5.41) is 10.3. The predicted octanol–water partition coefficient (Wildman–Crippen LogP) is 3.66. The van der Waals surface area contributed by atoms with E-state index in [4.69, 9.17) is 4.74 Å². The van der Waals surface area contributed by atoms with Gasteiger partial charge in [0, 0.05) is 35.9 Å². The monoisotopic (exact) mass is 482 g/mol. The highest BCUT2D eigenvalue weighted by molar-refractivity contribution is 5.90. The van der Waals surface area contributed by atoms with Crippen LogP contribution in [0.2, 0.25) is 0 Å². The molecule has 0 aliphatic carbocycles. The van der Waals surface area contributed by atoms with Crippen molar-refractivity contribution in [2.24, 2.45) is 0 Å². The lowest BCUT2D eigenvalue weighted by molar-refractivity contribution is -0.155. The Morgan fingerprint density at radius 2 is 1.89 bits per heavy atom. The zero-order chi connectivity index (χ0) is 25.1. The van der Waals surface area contributed by atoms with E-state index in [-0.39, 0.29) is 25.5 Å². The summed E-state index contributed by atoms with van der Waals surface area (Å²) in [6.45, 7) is 2.29. The second-order valence-electron chi connectivity index (χ2n) is 8.81. The Morgan fingerprint density at radius 1 is 1.11 bits per heavy atom. The lowest BCUT2D eigenvalue weighted by Gasteiger charge is -2.37. The fourth-order valence-corrected chi connectivity index (χ4v) is 4.70. The van der Waals surface area contributed by atoms with E-state index in [9.17, 15) is 14.8 Å². The number of carbonyl (C=O) groups excluding carboxylic acids is 2. The normalized spacial score (nSPS) is 15.8. The molecule has 8 nitrogen and oxygen atoms in total. The number of fused-ring (bicyclic) bond motifs is 2. The Hall–Kier alpha value is -4.14. The summed E-state index contributed by atoms with van der Waals surface area (Å²) in [5.74, 6) is -1.03. The highest BCUT2D eigenvalue weighted by Crippen LogP contribution is 2.29. The molecule has 0 saturated heterocycles. The SMILES string of the molecule is Cc1cc(COC(C(=O)N2Cc3cccnc3CC2C(=O)NO)c2ccccc2)c2ccccc2n1. The lowest BCUT2D eigenvalue weighted by atomic mass is 9.96. The zero-order valence-corrected chi connectivity index (χ0v) is 19.8. The molecule has 0 radical (unpaired) electrons. The van der Waals surface area contributed by atoms with E-state index in [0.29, 0.717) is 5.56 Å². The number of amides is 2. The summed E-state index contributed by atoms with van der Waals surface area (Å²) in [6, 6.07) is 21.8. The van der Waals surface area contributed by atoms with Crippen LogP contribution in [0.4, 0.5) is 0 Å². The van der Waals surface area contributed by atoms with Crippen LogP contribution >= 0.6 is 0 Å². The number of hydrogen-bond donors (Lipinski definition) is 2. The van der Waals surface area contributed by atoms with Crippen molar-refractivity contribution in [2.45, 2.75) is 38.6 Å². The molecule has 2 aromatic carbocycles. The van der Waals surface area contributed by atoms with Gasteiger partial charge in [0.1, 0.15) is 6.04 Å². The largest absolute Gasteiger partial charge is 0.359 e. The molecule has 2 N–H and O–H groups in total. The number of aromatic nitrogens is 2. The number of nitrogens with zero attached hydrogens (tertiary/aromatic N) is 3. The lowest BCUT2D eigenvalue weighted by Crippen LogP contribution is -2.53. The molecule has 0 saturated carbocycles. The maximum atomic E-state index is 14.0. The number of hydrogen-bond acceptors (Lipinski definition) is 6. The number of nitrogens with one attached hydrogen (secondary N) is 1. The first-order valence-electron chi connectivity index (χ1n) is 11.7. The number of hydroxylamine groups is 1. The van der Waals surface area contributed by atoms with Gasteiger partial charge >= 0.3 is 0 Å². The average molecular weight is 483 g/mol. The first-order chi connectivity index (χ1) is 17.5. The number of para-hydroxylation sites is 1. The minimum atomic E-state index is -0.953. The molecule has 4 aromatic rings. The zero-order valence-electron chi connectivity index (χ0n) is 19.8. The Balaban J connectivity index is 1.49. The number of benzene rings is 2. The summed E-state index contributed by atoms with van der Waals surface area (Å²) in [6.07, 6.45) is 0.899. The summed E-state index contributed by atoms with van der Waals surface area (Å²) in [5.41, 5.74) is 6.60. The number of aryl methyl sites for hydroxylation is 1. The Bertz CT molecular complexity index is 1410. The third-order valence-electron chi connectivity index (χ3n) is 6.45. The van der Waals surface area contributed by atoms with Gasteiger partial charge in [0.2, 0.25) is 0 Å². The first-order valence-corrected chi connectivity index (χ1v) is 11.7. The van der Waals surface area contributed by atoms with Crippen LogP contribution in [0, 0.1) is 6.92 Å². The van der Waals surface area contributed by atoms with Gasteiger partial charge in [0.25, 0.3) is 11.8 Å². The molecule has 182 valence electrons. The molecular weight excluding hydrogens is 456 g/mol. The van der Waals surface area contributed by atoms with Crippen molar-refractivity contribution >= 4 is 22.7 Å². The van der Waals surface area contributed by atoms with E-state index in [2.05, 4.69) is 9.97 Å². The fourth-order valence-electron chi connectivity index (χ4n) is 4.70. The van der Waals surface area contributed by atoms with E-state index in [1.807, 2.05) is 73.7 Å². The summed E-state index contributed by atoms with van der Waals surface area (Å²) >= 11 is 0. The molecule has 5 rings (SSSR count). The second-order valence-corrected chi connectivity index (χ2v) is 8.81. The van der Waals surface area contributed by atoms with Gasteiger partial charge in [-0.05, 0) is 41.8 Å². The molecule has 2 unspecified atom stereocenters. The number of pyridine rings is 2. The van der Waals surface area contributed by atoms with Gasteiger partial charge in [0.05, 0.1) is 12.1 Å². The Morgan fingerprint density at radius 3 is 2.69 bits per heavy atom. The average Bonchev–Trinajstić information content (AvgIpc) is 2.92. The molecule has 2 amide bonds. The van der Waals surface area contributed by atoms with Crippen molar-refractivity contribution in [3.05, 3.63) is 107 Å². The standard InChI is InChI=1S/C28H26N4O4/c1-18-14-21(22-11-5-6-12-23(22)30-18)17-36-26(19-8-3-2-4-9-19)28(34)32-16-20-10-7-13-29-24(20)15-25(32)27(33)31-35/h2-14,25-26,35H,15-17H2,1H3,(H,31,33). The predicted molar refractivity (Wildman–Crippen MR) is 133 cm³/mol. The van der Waals surface area contributed by atoms with E-state index < -0.39 is 18.1 Å². The summed E-state index contributed by atoms with van der Waals surface area (Å²) in [4.78, 5) is 37.0. The molecule has 3 heterocycles. The van der Waals surface area contributed by atoms with Crippen molar-refractivity contribution in [1.82, 2.24) is 20.3 Å². The van der Waals surface area contributed by atoms with E-state index >= 15 is 0 Å². The minimum Gasteiger partial charge on any atom is -0.359 e. The first kappa shape index (κ1) is 23.6. The molecule has 0 fully saturated rings. The van der Waals surface area contributed by atoms with Gasteiger partial charge in [-0.15, -0.1) is 0 Å². The van der Waals surface area contributed by atoms with Crippen LogP contribution in [0.5, 0.6) is 0 Å². The van der Waals surface area contributed by atoms with Crippen molar-refractivity contribution in [2.75, 3.05) is 0 Å². The van der Waals surface area contributed by atoms with Gasteiger partial charge in [-0.2, -0.15) is 0 Å². The molecule has 1 aliphatic heterocycles. The molecule has 0 bridgehead atoms. The van der Waals surface area contributed by atoms with E-state index in [1.165, 1.54) is 4.90 Å². The molecule has 2 atom stereocenters. The highest BCUT2D eigenvalue weighted by Gasteiger charge is 2.39. The van der Waals surface area contributed by atoms with Crippen LogP contribution in [0.1, 0.15) is 34.2 Å². The second kappa shape index (κ2) is 10.2. The van der Waals surface area contributed by atoms with E-state index in [1.54, 1.807) is 17.7 Å². The number of carbonyl (C=O) groups is 2. The number of ether oxygens (including phenoxy) is 1. The Labute approximate surface area is 208 Å².